The first-order valence-corrected chi connectivity index (χ1v) is 16.2. The van der Waals surface area contributed by atoms with Gasteiger partial charge >= 0.3 is 0 Å². The number of para-hydroxylation sites is 2. The lowest BCUT2D eigenvalue weighted by molar-refractivity contribution is 0.229. The van der Waals surface area contributed by atoms with Crippen molar-refractivity contribution >= 4 is 29.5 Å². The Balaban J connectivity index is 1.13. The van der Waals surface area contributed by atoms with Crippen molar-refractivity contribution in [1.82, 2.24) is 0 Å². The van der Waals surface area contributed by atoms with Crippen molar-refractivity contribution < 1.29 is 4.74 Å². The fourth-order valence-corrected chi connectivity index (χ4v) is 6.67. The second-order valence-electron chi connectivity index (χ2n) is 12.0. The first-order chi connectivity index (χ1) is 23.7. The summed E-state index contributed by atoms with van der Waals surface area (Å²) in [7, 11) is 0. The van der Waals surface area contributed by atoms with E-state index in [2.05, 4.69) is 133 Å². The summed E-state index contributed by atoms with van der Waals surface area (Å²) in [5.41, 5.74) is 12.4. The van der Waals surface area contributed by atoms with Gasteiger partial charge in [0.2, 0.25) is 0 Å². The van der Waals surface area contributed by atoms with Gasteiger partial charge in [0, 0.05) is 16.7 Å². The molecule has 230 valence electrons. The molecule has 2 atom stereocenters. The zero-order valence-corrected chi connectivity index (χ0v) is 26.4. The average molecular weight is 620 g/mol. The first-order valence-electron chi connectivity index (χ1n) is 16.2. The third-order valence-electron chi connectivity index (χ3n) is 9.05. The molecule has 0 saturated heterocycles. The summed E-state index contributed by atoms with van der Waals surface area (Å²) in [6.07, 6.45) is 1.93. The SMILES string of the molecule is C=N/C(=C\C(=N/Cc1cccc(C2=Nc3ccccc3C3Oc4ccccc4C23)c1)c1ccccc1)c1ccc(-c2ccccc2)cc1. The van der Waals surface area contributed by atoms with E-state index in [1.165, 1.54) is 11.1 Å². The van der Waals surface area contributed by atoms with Gasteiger partial charge in [-0.2, -0.15) is 0 Å². The largest absolute Gasteiger partial charge is 0.484 e. The van der Waals surface area contributed by atoms with E-state index in [1.807, 2.05) is 42.5 Å². The summed E-state index contributed by atoms with van der Waals surface area (Å²) in [6, 6.07) is 54.3. The van der Waals surface area contributed by atoms with Crippen LogP contribution in [0.3, 0.4) is 0 Å². The van der Waals surface area contributed by atoms with E-state index in [-0.39, 0.29) is 12.0 Å². The average Bonchev–Trinajstić information content (AvgIpc) is 3.56. The molecule has 0 aliphatic carbocycles. The van der Waals surface area contributed by atoms with Crippen LogP contribution < -0.4 is 4.74 Å². The first kappa shape index (κ1) is 29.3. The van der Waals surface area contributed by atoms with Gasteiger partial charge in [0.15, 0.2) is 0 Å². The van der Waals surface area contributed by atoms with Gasteiger partial charge in [0.1, 0.15) is 11.9 Å². The van der Waals surface area contributed by atoms with Crippen molar-refractivity contribution in [1.29, 1.82) is 0 Å². The lowest BCUT2D eigenvalue weighted by atomic mass is 9.81. The van der Waals surface area contributed by atoms with Gasteiger partial charge in [0.05, 0.1) is 35.3 Å². The number of fused-ring (bicyclic) bond motifs is 5. The van der Waals surface area contributed by atoms with Gasteiger partial charge < -0.3 is 4.74 Å². The molecule has 8 rings (SSSR count). The highest BCUT2D eigenvalue weighted by molar-refractivity contribution is 6.12. The maximum absolute atomic E-state index is 6.54. The molecule has 2 aliphatic heterocycles. The molecule has 4 nitrogen and oxygen atoms in total. The highest BCUT2D eigenvalue weighted by atomic mass is 16.5. The Kier molecular flexibility index (Phi) is 7.89. The summed E-state index contributed by atoms with van der Waals surface area (Å²) >= 11 is 0. The molecule has 0 N–H and O–H groups in total. The highest BCUT2D eigenvalue weighted by Crippen LogP contribution is 2.52. The maximum Gasteiger partial charge on any atom is 0.138 e. The summed E-state index contributed by atoms with van der Waals surface area (Å²) in [5, 5.41) is 0. The number of hydrogen-bond donors (Lipinski definition) is 0. The molecule has 0 spiro atoms. The Bertz CT molecular complexity index is 2200. The molecule has 2 aliphatic rings. The van der Waals surface area contributed by atoms with Crippen LogP contribution in [-0.4, -0.2) is 18.1 Å². The van der Waals surface area contributed by atoms with Gasteiger partial charge in [0.25, 0.3) is 0 Å². The van der Waals surface area contributed by atoms with Gasteiger partial charge in [-0.1, -0.05) is 140 Å². The quantitative estimate of drug-likeness (QED) is 0.156. The minimum Gasteiger partial charge on any atom is -0.484 e. The van der Waals surface area contributed by atoms with Crippen LogP contribution in [0.4, 0.5) is 5.69 Å². The van der Waals surface area contributed by atoms with Crippen molar-refractivity contribution in [2.24, 2.45) is 15.0 Å². The van der Waals surface area contributed by atoms with E-state index in [0.717, 1.165) is 61.9 Å². The van der Waals surface area contributed by atoms with Gasteiger partial charge in [-0.3, -0.25) is 15.0 Å². The van der Waals surface area contributed by atoms with E-state index in [4.69, 9.17) is 14.7 Å². The predicted octanol–water partition coefficient (Wildman–Crippen LogP) is 10.4. The van der Waals surface area contributed by atoms with E-state index in [9.17, 15) is 0 Å². The molecular weight excluding hydrogens is 587 g/mol. The van der Waals surface area contributed by atoms with Crippen molar-refractivity contribution in [3.63, 3.8) is 0 Å². The zero-order chi connectivity index (χ0) is 32.3. The number of rotatable bonds is 8. The van der Waals surface area contributed by atoms with Crippen LogP contribution in [-0.2, 0) is 6.54 Å². The lowest BCUT2D eigenvalue weighted by Crippen LogP contribution is -2.23. The number of allylic oxidation sites excluding steroid dienone is 1. The van der Waals surface area contributed by atoms with Gasteiger partial charge in [-0.15, -0.1) is 0 Å². The predicted molar refractivity (Wildman–Crippen MR) is 198 cm³/mol. The number of ether oxygens (including phenoxy) is 1. The molecule has 2 heterocycles. The third-order valence-corrected chi connectivity index (χ3v) is 9.05. The van der Waals surface area contributed by atoms with Crippen molar-refractivity contribution in [2.45, 2.75) is 18.6 Å². The molecular formula is C44H33N3O. The van der Waals surface area contributed by atoms with Crippen LogP contribution in [0.15, 0.2) is 179 Å². The summed E-state index contributed by atoms with van der Waals surface area (Å²) < 4.78 is 6.54. The molecule has 48 heavy (non-hydrogen) atoms. The summed E-state index contributed by atoms with van der Waals surface area (Å²) in [5.74, 6) is 0.949. The minimum atomic E-state index is -0.103. The fraction of sp³-hybridized carbons (Fsp3) is 0.0682. The van der Waals surface area contributed by atoms with Crippen LogP contribution in [0, 0.1) is 0 Å². The highest BCUT2D eigenvalue weighted by Gasteiger charge is 2.42. The Morgan fingerprint density at radius 3 is 2.10 bits per heavy atom. The normalized spacial score (nSPS) is 16.6. The number of hydrogen-bond acceptors (Lipinski definition) is 4. The molecule has 0 aromatic heterocycles. The van der Waals surface area contributed by atoms with Crippen LogP contribution in [0.2, 0.25) is 0 Å². The smallest absolute Gasteiger partial charge is 0.138 e. The van der Waals surface area contributed by atoms with Crippen LogP contribution in [0.1, 0.15) is 45.4 Å². The molecule has 0 radical (unpaired) electrons. The molecule has 4 heteroatoms. The minimum absolute atomic E-state index is 0.0205. The zero-order valence-electron chi connectivity index (χ0n) is 26.4. The topological polar surface area (TPSA) is 46.3 Å². The Labute approximate surface area is 281 Å². The van der Waals surface area contributed by atoms with Crippen LogP contribution in [0.5, 0.6) is 5.75 Å². The van der Waals surface area contributed by atoms with E-state index in [0.29, 0.717) is 6.54 Å². The van der Waals surface area contributed by atoms with Crippen molar-refractivity contribution in [3.05, 3.63) is 197 Å². The monoisotopic (exact) mass is 619 g/mol. The standard InChI is InChI=1S/C44H33N3O/c1-45-39(34-25-23-32(24-26-34)31-14-4-2-5-15-31)28-40(33-16-6-3-7-17-33)46-29-30-13-12-18-35(27-30)43-42-37-20-9-11-22-41(37)48-44(42)36-19-8-10-21-38(36)47-43/h2-28,42,44H,1,29H2/b39-28-,46-40+. The maximum atomic E-state index is 6.54. The number of aliphatic imine (C=N–C) groups is 3. The Morgan fingerprint density at radius 1 is 0.646 bits per heavy atom. The van der Waals surface area contributed by atoms with E-state index >= 15 is 0 Å². The molecule has 0 saturated carbocycles. The molecule has 6 aromatic carbocycles. The second kappa shape index (κ2) is 12.9. The molecule has 6 aromatic rings. The Hall–Kier alpha value is -6.13. The van der Waals surface area contributed by atoms with Gasteiger partial charge in [-0.05, 0) is 58.8 Å². The van der Waals surface area contributed by atoms with Crippen molar-refractivity contribution in [3.8, 4) is 16.9 Å². The number of benzene rings is 6. The third kappa shape index (κ3) is 5.69. The van der Waals surface area contributed by atoms with Crippen molar-refractivity contribution in [2.75, 3.05) is 0 Å². The summed E-state index contributed by atoms with van der Waals surface area (Å²) in [4.78, 5) is 14.8. The van der Waals surface area contributed by atoms with E-state index in [1.54, 1.807) is 0 Å². The van der Waals surface area contributed by atoms with Gasteiger partial charge in [-0.25, -0.2) is 0 Å². The lowest BCUT2D eigenvalue weighted by Gasteiger charge is -2.27. The van der Waals surface area contributed by atoms with Crippen LogP contribution >= 0.6 is 0 Å². The fourth-order valence-electron chi connectivity index (χ4n) is 6.67. The Morgan fingerprint density at radius 2 is 1.31 bits per heavy atom. The molecule has 0 fully saturated rings. The van der Waals surface area contributed by atoms with Crippen LogP contribution in [0.25, 0.3) is 16.8 Å². The molecule has 0 bridgehead atoms. The second-order valence-corrected chi connectivity index (χ2v) is 12.0. The summed E-state index contributed by atoms with van der Waals surface area (Å²) in [6.45, 7) is 4.41. The number of nitrogens with zero attached hydrogens (tertiary/aromatic N) is 3. The molecule has 2 unspecified atom stereocenters. The molecule has 0 amide bonds. The van der Waals surface area contributed by atoms with E-state index < -0.39 is 0 Å².